The number of aliphatic hydroxyl groups is 1. The lowest BCUT2D eigenvalue weighted by molar-refractivity contribution is 0.0504. The fourth-order valence-corrected chi connectivity index (χ4v) is 3.32. The summed E-state index contributed by atoms with van der Waals surface area (Å²) in [7, 11) is 0. The van der Waals surface area contributed by atoms with Gasteiger partial charge in [-0.15, -0.1) is 0 Å². The topological polar surface area (TPSA) is 58.6 Å². The number of alkyl carbamates (subject to hydrolysis) is 1. The summed E-state index contributed by atoms with van der Waals surface area (Å²) in [5.74, 6) is 1.25. The Balaban J connectivity index is 1.80. The molecule has 2 saturated carbocycles. The van der Waals surface area contributed by atoms with Gasteiger partial charge in [-0.05, 0) is 64.7 Å². The normalized spacial score (nSPS) is 36.0. The monoisotopic (exact) mass is 255 g/mol. The second-order valence-electron chi connectivity index (χ2n) is 6.80. The average Bonchev–Trinajstić information content (AvgIpc) is 2.55. The van der Waals surface area contributed by atoms with Crippen LogP contribution >= 0.6 is 0 Å². The fraction of sp³-hybridized carbons (Fsp3) is 0.929. The van der Waals surface area contributed by atoms with E-state index in [0.717, 1.165) is 32.1 Å². The van der Waals surface area contributed by atoms with E-state index in [4.69, 9.17) is 4.74 Å². The van der Waals surface area contributed by atoms with Gasteiger partial charge in [0, 0.05) is 6.04 Å². The number of ether oxygens (including phenoxy) is 1. The van der Waals surface area contributed by atoms with Crippen LogP contribution in [0.4, 0.5) is 4.79 Å². The standard InChI is InChI=1S/C14H25NO3/c1-14(2,3)18-13(17)15-11-6-9-4-5-12(16)8-10(9)7-11/h9-12,16H,4-8H2,1-3H3,(H,15,17)/t9-,10+,11-,12-/m1/s1. The third kappa shape index (κ3) is 3.61. The highest BCUT2D eigenvalue weighted by atomic mass is 16.6. The van der Waals surface area contributed by atoms with E-state index >= 15 is 0 Å². The molecule has 0 aliphatic heterocycles. The summed E-state index contributed by atoms with van der Waals surface area (Å²) >= 11 is 0. The van der Waals surface area contributed by atoms with Crippen LogP contribution in [-0.2, 0) is 4.74 Å². The van der Waals surface area contributed by atoms with Crippen LogP contribution in [-0.4, -0.2) is 28.9 Å². The zero-order chi connectivity index (χ0) is 13.3. The zero-order valence-electron chi connectivity index (χ0n) is 11.6. The van der Waals surface area contributed by atoms with E-state index < -0.39 is 5.60 Å². The Hall–Kier alpha value is -0.770. The van der Waals surface area contributed by atoms with Gasteiger partial charge in [0.2, 0.25) is 0 Å². The molecule has 2 fully saturated rings. The number of amides is 1. The van der Waals surface area contributed by atoms with Gasteiger partial charge in [0.1, 0.15) is 5.60 Å². The van der Waals surface area contributed by atoms with E-state index in [9.17, 15) is 9.90 Å². The van der Waals surface area contributed by atoms with Crippen LogP contribution in [0, 0.1) is 11.8 Å². The minimum atomic E-state index is -0.439. The van der Waals surface area contributed by atoms with E-state index in [1.165, 1.54) is 0 Å². The van der Waals surface area contributed by atoms with Crippen molar-refractivity contribution in [3.05, 3.63) is 0 Å². The lowest BCUT2D eigenvalue weighted by Crippen LogP contribution is -2.38. The number of carbonyl (C=O) groups is 1. The van der Waals surface area contributed by atoms with Gasteiger partial charge in [0.25, 0.3) is 0 Å². The summed E-state index contributed by atoms with van der Waals surface area (Å²) in [5.41, 5.74) is -0.439. The molecule has 0 aromatic rings. The molecule has 2 aliphatic carbocycles. The molecular formula is C14H25NO3. The number of rotatable bonds is 1. The third-order valence-corrected chi connectivity index (χ3v) is 4.01. The number of fused-ring (bicyclic) bond motifs is 1. The molecule has 1 amide bonds. The van der Waals surface area contributed by atoms with Crippen molar-refractivity contribution >= 4 is 6.09 Å². The molecule has 4 atom stereocenters. The SMILES string of the molecule is CC(C)(C)OC(=O)N[C@@H]1C[C@H]2CC[C@@H](O)C[C@@H]2C1. The Morgan fingerprint density at radius 2 is 1.83 bits per heavy atom. The molecule has 0 radical (unpaired) electrons. The minimum absolute atomic E-state index is 0.133. The van der Waals surface area contributed by atoms with Gasteiger partial charge in [-0.2, -0.15) is 0 Å². The lowest BCUT2D eigenvalue weighted by atomic mass is 9.80. The first kappa shape index (κ1) is 13.7. The fourth-order valence-electron chi connectivity index (χ4n) is 3.32. The summed E-state index contributed by atoms with van der Waals surface area (Å²) in [6.07, 6.45) is 4.49. The molecule has 4 heteroatoms. The van der Waals surface area contributed by atoms with Gasteiger partial charge in [0.05, 0.1) is 6.10 Å². The summed E-state index contributed by atoms with van der Waals surface area (Å²) in [5, 5.41) is 12.6. The van der Waals surface area contributed by atoms with Gasteiger partial charge in [-0.25, -0.2) is 4.79 Å². The molecule has 18 heavy (non-hydrogen) atoms. The maximum Gasteiger partial charge on any atom is 0.407 e. The van der Waals surface area contributed by atoms with Crippen LogP contribution in [0.1, 0.15) is 52.9 Å². The van der Waals surface area contributed by atoms with Crippen molar-refractivity contribution in [2.45, 2.75) is 70.6 Å². The lowest BCUT2D eigenvalue weighted by Gasteiger charge is -2.28. The van der Waals surface area contributed by atoms with Gasteiger partial charge in [-0.3, -0.25) is 0 Å². The van der Waals surface area contributed by atoms with Crippen LogP contribution in [0.15, 0.2) is 0 Å². The number of hydrogen-bond acceptors (Lipinski definition) is 3. The molecule has 0 spiro atoms. The van der Waals surface area contributed by atoms with Gasteiger partial charge < -0.3 is 15.2 Å². The molecule has 2 aliphatic rings. The zero-order valence-corrected chi connectivity index (χ0v) is 11.6. The summed E-state index contributed by atoms with van der Waals surface area (Å²) in [6.45, 7) is 5.62. The van der Waals surface area contributed by atoms with Crippen LogP contribution in [0.2, 0.25) is 0 Å². The quantitative estimate of drug-likeness (QED) is 0.756. The predicted octanol–water partition coefficient (Wildman–Crippen LogP) is 2.45. The van der Waals surface area contributed by atoms with E-state index in [1.807, 2.05) is 20.8 Å². The van der Waals surface area contributed by atoms with Crippen molar-refractivity contribution < 1.29 is 14.6 Å². The smallest absolute Gasteiger partial charge is 0.407 e. The van der Waals surface area contributed by atoms with E-state index in [1.54, 1.807) is 0 Å². The number of carbonyl (C=O) groups excluding carboxylic acids is 1. The minimum Gasteiger partial charge on any atom is -0.444 e. The summed E-state index contributed by atoms with van der Waals surface area (Å²) in [4.78, 5) is 11.7. The maximum absolute atomic E-state index is 11.7. The molecule has 0 bridgehead atoms. The van der Waals surface area contributed by atoms with Crippen LogP contribution in [0.5, 0.6) is 0 Å². The number of hydrogen-bond donors (Lipinski definition) is 2. The number of nitrogens with one attached hydrogen (secondary N) is 1. The molecule has 0 heterocycles. The van der Waals surface area contributed by atoms with Gasteiger partial charge >= 0.3 is 6.09 Å². The van der Waals surface area contributed by atoms with Crippen molar-refractivity contribution in [2.24, 2.45) is 11.8 Å². The highest BCUT2D eigenvalue weighted by Gasteiger charge is 2.39. The second-order valence-corrected chi connectivity index (χ2v) is 6.80. The molecule has 0 unspecified atom stereocenters. The van der Waals surface area contributed by atoms with E-state index in [-0.39, 0.29) is 18.2 Å². The van der Waals surface area contributed by atoms with Crippen LogP contribution < -0.4 is 5.32 Å². The Labute approximate surface area is 109 Å². The highest BCUT2D eigenvalue weighted by Crippen LogP contribution is 2.42. The summed E-state index contributed by atoms with van der Waals surface area (Å²) < 4.78 is 5.27. The van der Waals surface area contributed by atoms with Crippen LogP contribution in [0.25, 0.3) is 0 Å². The summed E-state index contributed by atoms with van der Waals surface area (Å²) in [6, 6.07) is 0.222. The first-order chi connectivity index (χ1) is 8.33. The van der Waals surface area contributed by atoms with Crippen LogP contribution in [0.3, 0.4) is 0 Å². The number of aliphatic hydroxyl groups excluding tert-OH is 1. The molecule has 104 valence electrons. The molecule has 0 aromatic heterocycles. The van der Waals surface area contributed by atoms with Crippen molar-refractivity contribution in [1.82, 2.24) is 5.32 Å². The van der Waals surface area contributed by atoms with Crippen molar-refractivity contribution in [3.63, 3.8) is 0 Å². The molecular weight excluding hydrogens is 230 g/mol. The molecule has 0 aromatic carbocycles. The van der Waals surface area contributed by atoms with Gasteiger partial charge in [0.15, 0.2) is 0 Å². The Morgan fingerprint density at radius 3 is 2.50 bits per heavy atom. The Bertz CT molecular complexity index is 311. The Kier molecular flexibility index (Phi) is 3.85. The molecule has 2 rings (SSSR count). The first-order valence-electron chi connectivity index (χ1n) is 7.01. The molecule has 4 nitrogen and oxygen atoms in total. The van der Waals surface area contributed by atoms with Crippen molar-refractivity contribution in [2.75, 3.05) is 0 Å². The second kappa shape index (κ2) is 5.08. The average molecular weight is 255 g/mol. The van der Waals surface area contributed by atoms with Crippen molar-refractivity contribution in [1.29, 1.82) is 0 Å². The van der Waals surface area contributed by atoms with Gasteiger partial charge in [-0.1, -0.05) is 0 Å². The maximum atomic E-state index is 11.7. The van der Waals surface area contributed by atoms with Crippen molar-refractivity contribution in [3.8, 4) is 0 Å². The molecule has 0 saturated heterocycles. The molecule has 2 N–H and O–H groups in total. The third-order valence-electron chi connectivity index (χ3n) is 4.01. The van der Waals surface area contributed by atoms with E-state index in [2.05, 4.69) is 5.32 Å². The highest BCUT2D eigenvalue weighted by molar-refractivity contribution is 5.68. The largest absolute Gasteiger partial charge is 0.444 e. The predicted molar refractivity (Wildman–Crippen MR) is 69.2 cm³/mol. The van der Waals surface area contributed by atoms with E-state index in [0.29, 0.717) is 11.8 Å². The Morgan fingerprint density at radius 1 is 1.17 bits per heavy atom. The first-order valence-corrected chi connectivity index (χ1v) is 7.01.